The van der Waals surface area contributed by atoms with Crippen molar-refractivity contribution in [1.82, 2.24) is 19.7 Å². The van der Waals surface area contributed by atoms with Crippen LogP contribution in [0.2, 0.25) is 0 Å². The molecule has 0 spiro atoms. The van der Waals surface area contributed by atoms with Crippen molar-refractivity contribution in [3.8, 4) is 28.9 Å². The summed E-state index contributed by atoms with van der Waals surface area (Å²) >= 11 is 0. The molecule has 0 bridgehead atoms. The molecule has 2 heterocycles. The van der Waals surface area contributed by atoms with E-state index < -0.39 is 0 Å². The molecule has 0 atom stereocenters. The van der Waals surface area contributed by atoms with Gasteiger partial charge in [0.15, 0.2) is 0 Å². The minimum Gasteiger partial charge on any atom is -0.334 e. The Labute approximate surface area is 160 Å². The van der Waals surface area contributed by atoms with Gasteiger partial charge in [-0.3, -0.25) is 4.79 Å². The highest BCUT2D eigenvalue weighted by Gasteiger charge is 2.13. The summed E-state index contributed by atoms with van der Waals surface area (Å²) in [6.07, 6.45) is 0.860. The van der Waals surface area contributed by atoms with Gasteiger partial charge in [-0.25, -0.2) is 4.98 Å². The van der Waals surface area contributed by atoms with Crippen LogP contribution in [-0.4, -0.2) is 19.7 Å². The van der Waals surface area contributed by atoms with Crippen molar-refractivity contribution in [2.45, 2.75) is 26.8 Å². The average molecular weight is 371 g/mol. The maximum atomic E-state index is 12.4. The summed E-state index contributed by atoms with van der Waals surface area (Å²) in [4.78, 5) is 21.3. The number of aryl methyl sites for hydroxylation is 2. The highest BCUT2D eigenvalue weighted by Crippen LogP contribution is 2.24. The number of hydrogen-bond acceptors (Lipinski definition) is 6. The molecule has 0 saturated heterocycles. The van der Waals surface area contributed by atoms with Gasteiger partial charge in [-0.1, -0.05) is 12.1 Å². The van der Waals surface area contributed by atoms with Crippen LogP contribution in [0.15, 0.2) is 51.8 Å². The van der Waals surface area contributed by atoms with Crippen LogP contribution in [0.25, 0.3) is 33.9 Å². The van der Waals surface area contributed by atoms with Crippen LogP contribution in [0.5, 0.6) is 0 Å². The second kappa shape index (κ2) is 7.08. The number of benzene rings is 2. The first-order chi connectivity index (χ1) is 13.6. The summed E-state index contributed by atoms with van der Waals surface area (Å²) in [5, 5.41) is 13.0. The molecule has 7 nitrogen and oxygen atoms in total. The zero-order chi connectivity index (χ0) is 19.7. The lowest BCUT2D eigenvalue weighted by molar-refractivity contribution is 0.432. The molecule has 0 N–H and O–H groups in total. The minimum atomic E-state index is -0.0650. The smallest absolute Gasteiger partial charge is 0.272 e. The lowest BCUT2D eigenvalue weighted by Gasteiger charge is -2.10. The van der Waals surface area contributed by atoms with Crippen molar-refractivity contribution in [2.24, 2.45) is 0 Å². The van der Waals surface area contributed by atoms with Crippen LogP contribution in [0.4, 0.5) is 0 Å². The van der Waals surface area contributed by atoms with E-state index in [-0.39, 0.29) is 5.56 Å². The topological polar surface area (TPSA) is 97.6 Å². The molecular formula is C21H17N5O2. The van der Waals surface area contributed by atoms with Gasteiger partial charge in [0.05, 0.1) is 22.7 Å². The molecule has 0 aliphatic heterocycles. The maximum Gasteiger partial charge on any atom is 0.272 e. The summed E-state index contributed by atoms with van der Waals surface area (Å²) in [6.45, 7) is 4.40. The third kappa shape index (κ3) is 3.05. The molecule has 0 fully saturated rings. The van der Waals surface area contributed by atoms with Crippen LogP contribution in [0.3, 0.4) is 0 Å². The fourth-order valence-corrected chi connectivity index (χ4v) is 3.10. The monoisotopic (exact) mass is 371 g/mol. The molecule has 7 heteroatoms. The maximum absolute atomic E-state index is 12.4. The second-order valence-corrected chi connectivity index (χ2v) is 6.47. The first-order valence-corrected chi connectivity index (χ1v) is 8.96. The Kier molecular flexibility index (Phi) is 4.45. The molecule has 0 amide bonds. The number of nitriles is 1. The Hall–Kier alpha value is -3.79. The van der Waals surface area contributed by atoms with Gasteiger partial charge < -0.3 is 9.09 Å². The van der Waals surface area contributed by atoms with Gasteiger partial charge in [0.25, 0.3) is 11.4 Å². The molecule has 4 rings (SSSR count). The standard InChI is InChI=1S/C21H17N5O2/c1-3-10-26-18-9-8-16(11-17(18)23-13(2)21(26)27)19-24-20(28-25-19)15-6-4-14(12-22)5-7-15/h4-9,11H,3,10H2,1-2H3. The molecule has 138 valence electrons. The number of aromatic nitrogens is 4. The van der Waals surface area contributed by atoms with Gasteiger partial charge in [-0.15, -0.1) is 0 Å². The van der Waals surface area contributed by atoms with Crippen LogP contribution in [0.1, 0.15) is 24.6 Å². The quantitative estimate of drug-likeness (QED) is 0.542. The molecular weight excluding hydrogens is 354 g/mol. The minimum absolute atomic E-state index is 0.0650. The second-order valence-electron chi connectivity index (χ2n) is 6.47. The van der Waals surface area contributed by atoms with Gasteiger partial charge in [-0.2, -0.15) is 10.2 Å². The van der Waals surface area contributed by atoms with Crippen LogP contribution in [0, 0.1) is 18.3 Å². The van der Waals surface area contributed by atoms with E-state index in [0.29, 0.717) is 35.0 Å². The number of fused-ring (bicyclic) bond motifs is 1. The predicted octanol–water partition coefficient (Wildman–Crippen LogP) is 3.70. The van der Waals surface area contributed by atoms with E-state index in [0.717, 1.165) is 23.1 Å². The van der Waals surface area contributed by atoms with E-state index in [4.69, 9.17) is 9.78 Å². The lowest BCUT2D eigenvalue weighted by atomic mass is 10.1. The summed E-state index contributed by atoms with van der Waals surface area (Å²) in [7, 11) is 0. The highest BCUT2D eigenvalue weighted by molar-refractivity contribution is 5.80. The van der Waals surface area contributed by atoms with Crippen LogP contribution < -0.4 is 5.56 Å². The van der Waals surface area contributed by atoms with Gasteiger partial charge >= 0.3 is 0 Å². The Balaban J connectivity index is 1.75. The zero-order valence-corrected chi connectivity index (χ0v) is 15.5. The summed E-state index contributed by atoms with van der Waals surface area (Å²) in [5.41, 5.74) is 3.96. The van der Waals surface area contributed by atoms with Crippen molar-refractivity contribution in [2.75, 3.05) is 0 Å². The largest absolute Gasteiger partial charge is 0.334 e. The van der Waals surface area contributed by atoms with Gasteiger partial charge in [0, 0.05) is 17.7 Å². The summed E-state index contributed by atoms with van der Waals surface area (Å²) in [6, 6.07) is 14.6. The SMILES string of the molecule is CCCn1c(=O)c(C)nc2cc(-c3noc(-c4ccc(C#N)cc4)n3)ccc21. The normalized spacial score (nSPS) is 10.9. The van der Waals surface area contributed by atoms with E-state index in [2.05, 4.69) is 21.2 Å². The average Bonchev–Trinajstić information content (AvgIpc) is 3.21. The summed E-state index contributed by atoms with van der Waals surface area (Å²) < 4.78 is 7.13. The third-order valence-electron chi connectivity index (χ3n) is 4.50. The third-order valence-corrected chi connectivity index (χ3v) is 4.50. The fraction of sp³-hybridized carbons (Fsp3) is 0.190. The number of hydrogen-bond donors (Lipinski definition) is 0. The fourth-order valence-electron chi connectivity index (χ4n) is 3.10. The first kappa shape index (κ1) is 17.6. The van der Waals surface area contributed by atoms with E-state index in [1.54, 1.807) is 35.8 Å². The lowest BCUT2D eigenvalue weighted by Crippen LogP contribution is -2.24. The Morgan fingerprint density at radius 1 is 1.11 bits per heavy atom. The molecule has 4 aromatic rings. The van der Waals surface area contributed by atoms with Crippen LogP contribution in [-0.2, 0) is 6.54 Å². The van der Waals surface area contributed by atoms with Crippen molar-refractivity contribution >= 4 is 11.0 Å². The van der Waals surface area contributed by atoms with Gasteiger partial charge in [0.1, 0.15) is 5.69 Å². The van der Waals surface area contributed by atoms with Crippen LogP contribution >= 0.6 is 0 Å². The van der Waals surface area contributed by atoms with Crippen molar-refractivity contribution < 1.29 is 4.52 Å². The zero-order valence-electron chi connectivity index (χ0n) is 15.5. The molecule has 0 aliphatic rings. The molecule has 0 unspecified atom stereocenters. The van der Waals surface area contributed by atoms with Gasteiger partial charge in [-0.05, 0) is 55.8 Å². The molecule has 0 aliphatic carbocycles. The van der Waals surface area contributed by atoms with E-state index in [1.807, 2.05) is 25.1 Å². The van der Waals surface area contributed by atoms with E-state index in [1.165, 1.54) is 0 Å². The Morgan fingerprint density at radius 3 is 2.57 bits per heavy atom. The Bertz CT molecular complexity index is 1260. The number of nitrogens with zero attached hydrogens (tertiary/aromatic N) is 5. The van der Waals surface area contributed by atoms with E-state index in [9.17, 15) is 4.79 Å². The van der Waals surface area contributed by atoms with Crippen molar-refractivity contribution in [3.05, 3.63) is 64.1 Å². The molecule has 0 radical (unpaired) electrons. The highest BCUT2D eigenvalue weighted by atomic mass is 16.5. The first-order valence-electron chi connectivity index (χ1n) is 8.96. The van der Waals surface area contributed by atoms with Crippen molar-refractivity contribution in [1.29, 1.82) is 5.26 Å². The van der Waals surface area contributed by atoms with Crippen molar-refractivity contribution in [3.63, 3.8) is 0 Å². The molecule has 2 aromatic heterocycles. The molecule has 28 heavy (non-hydrogen) atoms. The van der Waals surface area contributed by atoms with Gasteiger partial charge in [0.2, 0.25) is 5.82 Å². The number of rotatable bonds is 4. The predicted molar refractivity (Wildman–Crippen MR) is 104 cm³/mol. The van der Waals surface area contributed by atoms with E-state index >= 15 is 0 Å². The summed E-state index contributed by atoms with van der Waals surface area (Å²) in [5.74, 6) is 0.814. The molecule has 2 aromatic carbocycles. The Morgan fingerprint density at radius 2 is 1.86 bits per heavy atom. The molecule has 0 saturated carbocycles.